The van der Waals surface area contributed by atoms with Gasteiger partial charge in [-0.1, -0.05) is 28.8 Å². The molecule has 0 saturated heterocycles. The first-order chi connectivity index (χ1) is 8.15. The van der Waals surface area contributed by atoms with Gasteiger partial charge >= 0.3 is 0 Å². The lowest BCUT2D eigenvalue weighted by atomic mass is 10.1. The fourth-order valence-electron chi connectivity index (χ4n) is 1.88. The summed E-state index contributed by atoms with van der Waals surface area (Å²) in [5, 5.41) is 0.0386. The van der Waals surface area contributed by atoms with E-state index in [1.165, 1.54) is 12.8 Å². The first kappa shape index (κ1) is 13.0. The molecule has 17 heavy (non-hydrogen) atoms. The Bertz CT molecular complexity index is 405. The normalized spacial score (nSPS) is 16.7. The molecule has 1 aliphatic rings. The second-order valence-corrected chi connectivity index (χ2v) is 5.76. The second kappa shape index (κ2) is 5.49. The molecule has 2 rings (SSSR count). The predicted molar refractivity (Wildman–Crippen MR) is 73.2 cm³/mol. The molecule has 0 aromatic heterocycles. The van der Waals surface area contributed by atoms with E-state index in [2.05, 4.69) is 15.9 Å². The van der Waals surface area contributed by atoms with Gasteiger partial charge in [0.2, 0.25) is 0 Å². The molecule has 94 valence electrons. The quantitative estimate of drug-likeness (QED) is 0.741. The van der Waals surface area contributed by atoms with Crippen molar-refractivity contribution in [1.29, 1.82) is 0 Å². The largest absolute Gasteiger partial charge is 0.493 e. The number of halogens is 2. The summed E-state index contributed by atoms with van der Waals surface area (Å²) in [5.74, 6) is 2.25. The Kier molecular flexibility index (Phi) is 4.21. The number of rotatable bonds is 5. The van der Waals surface area contributed by atoms with Crippen molar-refractivity contribution in [2.75, 3.05) is 14.2 Å². The van der Waals surface area contributed by atoms with Gasteiger partial charge in [0.05, 0.1) is 19.6 Å². The molecular weight excluding hydrogens is 303 g/mol. The van der Waals surface area contributed by atoms with E-state index in [-0.39, 0.29) is 5.38 Å². The van der Waals surface area contributed by atoms with Crippen LogP contribution in [0.15, 0.2) is 16.6 Å². The molecule has 4 heteroatoms. The van der Waals surface area contributed by atoms with Crippen molar-refractivity contribution in [2.24, 2.45) is 5.92 Å². The molecule has 1 aromatic carbocycles. The third-order valence-electron chi connectivity index (χ3n) is 3.08. The van der Waals surface area contributed by atoms with Crippen molar-refractivity contribution in [1.82, 2.24) is 0 Å². The zero-order chi connectivity index (χ0) is 12.4. The highest BCUT2D eigenvalue weighted by Crippen LogP contribution is 2.44. The van der Waals surface area contributed by atoms with Gasteiger partial charge in [0.15, 0.2) is 11.5 Å². The molecule has 0 N–H and O–H groups in total. The number of hydrogen-bond donors (Lipinski definition) is 0. The maximum Gasteiger partial charge on any atom is 0.161 e. The second-order valence-electron chi connectivity index (χ2n) is 4.38. The molecule has 1 fully saturated rings. The molecule has 0 spiro atoms. The van der Waals surface area contributed by atoms with E-state index in [0.717, 1.165) is 33.9 Å². The van der Waals surface area contributed by atoms with Gasteiger partial charge in [-0.05, 0) is 30.0 Å². The first-order valence-electron chi connectivity index (χ1n) is 5.71. The molecule has 0 amide bonds. The van der Waals surface area contributed by atoms with E-state index >= 15 is 0 Å². The first-order valence-corrected chi connectivity index (χ1v) is 6.94. The van der Waals surface area contributed by atoms with Crippen LogP contribution in [0.5, 0.6) is 11.5 Å². The molecule has 0 radical (unpaired) electrons. The van der Waals surface area contributed by atoms with Crippen LogP contribution in [0.4, 0.5) is 0 Å². The maximum atomic E-state index is 6.44. The summed E-state index contributed by atoms with van der Waals surface area (Å²) in [5.41, 5.74) is 1.08. The Balaban J connectivity index is 2.25. The zero-order valence-electron chi connectivity index (χ0n) is 10.0. The lowest BCUT2D eigenvalue weighted by molar-refractivity contribution is 0.354. The van der Waals surface area contributed by atoms with Crippen molar-refractivity contribution >= 4 is 27.5 Å². The molecule has 1 saturated carbocycles. The molecule has 2 nitrogen and oxygen atoms in total. The minimum atomic E-state index is 0.0386. The Morgan fingerprint density at radius 2 is 1.88 bits per heavy atom. The van der Waals surface area contributed by atoms with Crippen LogP contribution < -0.4 is 9.47 Å². The van der Waals surface area contributed by atoms with E-state index in [9.17, 15) is 0 Å². The summed E-state index contributed by atoms with van der Waals surface area (Å²) in [4.78, 5) is 0. The van der Waals surface area contributed by atoms with Crippen molar-refractivity contribution in [3.8, 4) is 11.5 Å². The smallest absolute Gasteiger partial charge is 0.161 e. The maximum absolute atomic E-state index is 6.44. The lowest BCUT2D eigenvalue weighted by Crippen LogP contribution is -1.97. The Labute approximate surface area is 115 Å². The molecule has 0 heterocycles. The van der Waals surface area contributed by atoms with Crippen molar-refractivity contribution in [2.45, 2.75) is 24.6 Å². The monoisotopic (exact) mass is 318 g/mol. The van der Waals surface area contributed by atoms with Crippen LogP contribution in [0.2, 0.25) is 0 Å². The van der Waals surface area contributed by atoms with Crippen LogP contribution in [-0.4, -0.2) is 14.2 Å². The number of methoxy groups -OCH3 is 2. The topological polar surface area (TPSA) is 18.5 Å². The molecule has 1 unspecified atom stereocenters. The van der Waals surface area contributed by atoms with Crippen molar-refractivity contribution in [3.05, 3.63) is 22.2 Å². The summed E-state index contributed by atoms with van der Waals surface area (Å²) in [6.07, 6.45) is 3.66. The average Bonchev–Trinajstić information content (AvgIpc) is 3.12. The molecule has 0 bridgehead atoms. The lowest BCUT2D eigenvalue weighted by Gasteiger charge is -2.15. The predicted octanol–water partition coefficient (Wildman–Crippen LogP) is 4.55. The van der Waals surface area contributed by atoms with Crippen LogP contribution >= 0.6 is 27.5 Å². The SMILES string of the molecule is COc1cc(Br)c(C(Cl)CC2CC2)cc1OC. The molecule has 1 atom stereocenters. The van der Waals surface area contributed by atoms with Crippen LogP contribution in [-0.2, 0) is 0 Å². The molecule has 0 aliphatic heterocycles. The highest BCUT2D eigenvalue weighted by atomic mass is 79.9. The summed E-state index contributed by atoms with van der Waals surface area (Å²) < 4.78 is 11.5. The van der Waals surface area contributed by atoms with Crippen LogP contribution in [0.25, 0.3) is 0 Å². The molecule has 1 aliphatic carbocycles. The Morgan fingerprint density at radius 1 is 1.29 bits per heavy atom. The van der Waals surface area contributed by atoms with Gasteiger partial charge in [-0.15, -0.1) is 11.6 Å². The molecular formula is C13H16BrClO2. The third-order valence-corrected chi connectivity index (χ3v) is 4.18. The fourth-order valence-corrected chi connectivity index (χ4v) is 3.05. The third kappa shape index (κ3) is 3.08. The Morgan fingerprint density at radius 3 is 2.41 bits per heavy atom. The van der Waals surface area contributed by atoms with E-state index in [4.69, 9.17) is 21.1 Å². The number of ether oxygens (including phenoxy) is 2. The van der Waals surface area contributed by atoms with Gasteiger partial charge in [-0.2, -0.15) is 0 Å². The van der Waals surface area contributed by atoms with Crippen molar-refractivity contribution in [3.63, 3.8) is 0 Å². The average molecular weight is 320 g/mol. The van der Waals surface area contributed by atoms with E-state index in [0.29, 0.717) is 0 Å². The van der Waals surface area contributed by atoms with Gasteiger partial charge in [0.1, 0.15) is 0 Å². The van der Waals surface area contributed by atoms with Crippen LogP contribution in [0.3, 0.4) is 0 Å². The molecule has 1 aromatic rings. The van der Waals surface area contributed by atoms with E-state index in [1.54, 1.807) is 14.2 Å². The highest BCUT2D eigenvalue weighted by molar-refractivity contribution is 9.10. The van der Waals surface area contributed by atoms with E-state index in [1.807, 2.05) is 12.1 Å². The minimum absolute atomic E-state index is 0.0386. The Hall–Kier alpha value is -0.410. The number of alkyl halides is 1. The van der Waals surface area contributed by atoms with Gasteiger partial charge in [0, 0.05) is 4.47 Å². The van der Waals surface area contributed by atoms with Gasteiger partial charge in [-0.3, -0.25) is 0 Å². The van der Waals surface area contributed by atoms with Gasteiger partial charge in [0.25, 0.3) is 0 Å². The van der Waals surface area contributed by atoms with Gasteiger partial charge in [-0.25, -0.2) is 0 Å². The summed E-state index contributed by atoms with van der Waals surface area (Å²) in [6.45, 7) is 0. The van der Waals surface area contributed by atoms with E-state index < -0.39 is 0 Å². The van der Waals surface area contributed by atoms with Gasteiger partial charge < -0.3 is 9.47 Å². The standard InChI is InChI=1S/C13H16BrClO2/c1-16-12-6-9(10(14)7-13(12)17-2)11(15)5-8-3-4-8/h6-8,11H,3-5H2,1-2H3. The highest BCUT2D eigenvalue weighted by Gasteiger charge is 2.26. The van der Waals surface area contributed by atoms with Crippen LogP contribution in [0.1, 0.15) is 30.2 Å². The summed E-state index contributed by atoms with van der Waals surface area (Å²) in [6, 6.07) is 3.87. The minimum Gasteiger partial charge on any atom is -0.493 e. The zero-order valence-corrected chi connectivity index (χ0v) is 12.3. The fraction of sp³-hybridized carbons (Fsp3) is 0.538. The summed E-state index contributed by atoms with van der Waals surface area (Å²) >= 11 is 9.99. The number of hydrogen-bond acceptors (Lipinski definition) is 2. The van der Waals surface area contributed by atoms with Crippen molar-refractivity contribution < 1.29 is 9.47 Å². The van der Waals surface area contributed by atoms with Crippen LogP contribution in [0, 0.1) is 5.92 Å². The number of benzene rings is 1. The summed E-state index contributed by atoms with van der Waals surface area (Å²) in [7, 11) is 3.27.